The molecular weight excluding hydrogens is 221 g/mol. The minimum atomic E-state index is -4.22. The predicted octanol–water partition coefficient (Wildman–Crippen LogP) is 1.50. The second kappa shape index (κ2) is 8.78. The zero-order valence-electron chi connectivity index (χ0n) is 9.94. The van der Waals surface area contributed by atoms with Crippen molar-refractivity contribution in [2.75, 3.05) is 45.9 Å². The van der Waals surface area contributed by atoms with E-state index < -0.39 is 12.8 Å². The molecule has 0 saturated carbocycles. The molecule has 0 radical (unpaired) electrons. The lowest BCUT2D eigenvalue weighted by Crippen LogP contribution is -2.33. The quantitative estimate of drug-likeness (QED) is 0.620. The van der Waals surface area contributed by atoms with E-state index in [0.29, 0.717) is 6.54 Å². The van der Waals surface area contributed by atoms with Crippen molar-refractivity contribution in [1.29, 1.82) is 0 Å². The second-order valence-electron chi connectivity index (χ2n) is 3.44. The number of halogens is 3. The van der Waals surface area contributed by atoms with E-state index in [4.69, 9.17) is 0 Å². The standard InChI is InChI=1S/C10H21F3N2O/c1-3-15(4-2)7-5-14-6-8-16-9-10(11,12)13/h14H,3-9H2,1-2H3. The highest BCUT2D eigenvalue weighted by Crippen LogP contribution is 2.13. The summed E-state index contributed by atoms with van der Waals surface area (Å²) in [5.74, 6) is 0. The van der Waals surface area contributed by atoms with Gasteiger partial charge in [0.15, 0.2) is 0 Å². The van der Waals surface area contributed by atoms with Crippen LogP contribution >= 0.6 is 0 Å². The Kier molecular flexibility index (Phi) is 8.60. The highest BCUT2D eigenvalue weighted by molar-refractivity contribution is 4.55. The number of nitrogens with zero attached hydrogens (tertiary/aromatic N) is 1. The highest BCUT2D eigenvalue weighted by Gasteiger charge is 2.27. The lowest BCUT2D eigenvalue weighted by molar-refractivity contribution is -0.173. The van der Waals surface area contributed by atoms with Gasteiger partial charge in [0.1, 0.15) is 6.61 Å². The SMILES string of the molecule is CCN(CC)CCNCCOCC(F)(F)F. The summed E-state index contributed by atoms with van der Waals surface area (Å²) >= 11 is 0. The fourth-order valence-corrected chi connectivity index (χ4v) is 1.23. The van der Waals surface area contributed by atoms with Gasteiger partial charge in [-0.05, 0) is 13.1 Å². The lowest BCUT2D eigenvalue weighted by Gasteiger charge is -2.18. The maximum atomic E-state index is 11.7. The van der Waals surface area contributed by atoms with Crippen LogP contribution in [0.1, 0.15) is 13.8 Å². The number of likely N-dealkylation sites (N-methyl/N-ethyl adjacent to an activating group) is 1. The average molecular weight is 242 g/mol. The van der Waals surface area contributed by atoms with Crippen LogP contribution in [0, 0.1) is 0 Å². The van der Waals surface area contributed by atoms with E-state index in [0.717, 1.165) is 26.2 Å². The first-order chi connectivity index (χ1) is 7.49. The van der Waals surface area contributed by atoms with Crippen LogP contribution in [-0.4, -0.2) is 57.0 Å². The number of nitrogens with one attached hydrogen (secondary N) is 1. The van der Waals surface area contributed by atoms with Crippen LogP contribution in [0.4, 0.5) is 13.2 Å². The molecule has 0 unspecified atom stereocenters. The van der Waals surface area contributed by atoms with E-state index in [1.807, 2.05) is 0 Å². The van der Waals surface area contributed by atoms with Crippen molar-refractivity contribution in [3.63, 3.8) is 0 Å². The third-order valence-electron chi connectivity index (χ3n) is 2.19. The summed E-state index contributed by atoms with van der Waals surface area (Å²) in [4.78, 5) is 2.24. The first kappa shape index (κ1) is 15.7. The molecule has 0 heterocycles. The Bertz CT molecular complexity index is 161. The van der Waals surface area contributed by atoms with E-state index >= 15 is 0 Å². The molecule has 0 aliphatic rings. The van der Waals surface area contributed by atoms with Crippen LogP contribution in [0.25, 0.3) is 0 Å². The smallest absolute Gasteiger partial charge is 0.371 e. The number of hydrogen-bond donors (Lipinski definition) is 1. The Labute approximate surface area is 94.9 Å². The van der Waals surface area contributed by atoms with E-state index in [-0.39, 0.29) is 6.61 Å². The van der Waals surface area contributed by atoms with Gasteiger partial charge in [-0.25, -0.2) is 0 Å². The molecule has 0 saturated heterocycles. The molecule has 98 valence electrons. The summed E-state index contributed by atoms with van der Waals surface area (Å²) in [7, 11) is 0. The fourth-order valence-electron chi connectivity index (χ4n) is 1.23. The summed E-state index contributed by atoms with van der Waals surface area (Å²) in [6, 6.07) is 0. The third-order valence-corrected chi connectivity index (χ3v) is 2.19. The molecule has 0 rings (SSSR count). The summed E-state index contributed by atoms with van der Waals surface area (Å²) < 4.78 is 39.5. The van der Waals surface area contributed by atoms with Gasteiger partial charge < -0.3 is 15.0 Å². The molecule has 0 aliphatic carbocycles. The maximum Gasteiger partial charge on any atom is 0.411 e. The molecule has 0 aromatic rings. The Morgan fingerprint density at radius 3 is 2.25 bits per heavy atom. The van der Waals surface area contributed by atoms with Gasteiger partial charge in [0.05, 0.1) is 6.61 Å². The Morgan fingerprint density at radius 1 is 1.12 bits per heavy atom. The summed E-state index contributed by atoms with van der Waals surface area (Å²) in [5, 5.41) is 3.04. The minimum Gasteiger partial charge on any atom is -0.371 e. The van der Waals surface area contributed by atoms with Crippen molar-refractivity contribution >= 4 is 0 Å². The molecular formula is C10H21F3N2O. The first-order valence-electron chi connectivity index (χ1n) is 5.57. The van der Waals surface area contributed by atoms with Crippen LogP contribution < -0.4 is 5.32 Å². The molecule has 0 atom stereocenters. The molecule has 0 amide bonds. The van der Waals surface area contributed by atoms with E-state index in [2.05, 4.69) is 28.8 Å². The number of rotatable bonds is 9. The fraction of sp³-hybridized carbons (Fsp3) is 1.00. The van der Waals surface area contributed by atoms with Crippen molar-refractivity contribution in [2.24, 2.45) is 0 Å². The highest BCUT2D eigenvalue weighted by atomic mass is 19.4. The first-order valence-corrected chi connectivity index (χ1v) is 5.57. The van der Waals surface area contributed by atoms with Crippen LogP contribution in [0.3, 0.4) is 0 Å². The van der Waals surface area contributed by atoms with Gasteiger partial charge in [0.2, 0.25) is 0 Å². The van der Waals surface area contributed by atoms with Crippen LogP contribution in [0.2, 0.25) is 0 Å². The normalized spacial score (nSPS) is 12.4. The van der Waals surface area contributed by atoms with Gasteiger partial charge in [-0.3, -0.25) is 0 Å². The van der Waals surface area contributed by atoms with Gasteiger partial charge in [-0.1, -0.05) is 13.8 Å². The molecule has 0 aromatic carbocycles. The van der Waals surface area contributed by atoms with Crippen molar-refractivity contribution in [2.45, 2.75) is 20.0 Å². The largest absolute Gasteiger partial charge is 0.411 e. The van der Waals surface area contributed by atoms with E-state index in [1.54, 1.807) is 0 Å². The predicted molar refractivity (Wildman–Crippen MR) is 57.5 cm³/mol. The number of alkyl halides is 3. The summed E-state index contributed by atoms with van der Waals surface area (Å²) in [5.41, 5.74) is 0. The zero-order valence-corrected chi connectivity index (χ0v) is 9.94. The van der Waals surface area contributed by atoms with Crippen LogP contribution in [-0.2, 0) is 4.74 Å². The molecule has 1 N–H and O–H groups in total. The van der Waals surface area contributed by atoms with Gasteiger partial charge in [0.25, 0.3) is 0 Å². The topological polar surface area (TPSA) is 24.5 Å². The van der Waals surface area contributed by atoms with E-state index in [9.17, 15) is 13.2 Å². The number of hydrogen-bond acceptors (Lipinski definition) is 3. The molecule has 16 heavy (non-hydrogen) atoms. The molecule has 0 aromatic heterocycles. The Hall–Kier alpha value is -0.330. The lowest BCUT2D eigenvalue weighted by atomic mass is 10.4. The van der Waals surface area contributed by atoms with Gasteiger partial charge in [-0.2, -0.15) is 13.2 Å². The van der Waals surface area contributed by atoms with Crippen molar-refractivity contribution in [3.8, 4) is 0 Å². The molecule has 3 nitrogen and oxygen atoms in total. The Balaban J connectivity index is 3.21. The number of ether oxygens (including phenoxy) is 1. The minimum absolute atomic E-state index is 0.0950. The monoisotopic (exact) mass is 242 g/mol. The van der Waals surface area contributed by atoms with Gasteiger partial charge >= 0.3 is 6.18 Å². The molecule has 0 bridgehead atoms. The Morgan fingerprint density at radius 2 is 1.75 bits per heavy atom. The van der Waals surface area contributed by atoms with E-state index in [1.165, 1.54) is 0 Å². The molecule has 0 fully saturated rings. The maximum absolute atomic E-state index is 11.7. The van der Waals surface area contributed by atoms with Crippen LogP contribution in [0.5, 0.6) is 0 Å². The summed E-state index contributed by atoms with van der Waals surface area (Å²) in [6.07, 6.45) is -4.22. The molecule has 0 spiro atoms. The zero-order chi connectivity index (χ0) is 12.4. The summed E-state index contributed by atoms with van der Waals surface area (Å²) in [6.45, 7) is 7.21. The van der Waals surface area contributed by atoms with Gasteiger partial charge in [-0.15, -0.1) is 0 Å². The van der Waals surface area contributed by atoms with Crippen LogP contribution in [0.15, 0.2) is 0 Å². The van der Waals surface area contributed by atoms with Gasteiger partial charge in [0, 0.05) is 19.6 Å². The molecule has 6 heteroatoms. The second-order valence-corrected chi connectivity index (χ2v) is 3.44. The van der Waals surface area contributed by atoms with Crippen molar-refractivity contribution in [3.05, 3.63) is 0 Å². The van der Waals surface area contributed by atoms with Crippen molar-refractivity contribution < 1.29 is 17.9 Å². The molecule has 0 aliphatic heterocycles. The van der Waals surface area contributed by atoms with Crippen molar-refractivity contribution in [1.82, 2.24) is 10.2 Å². The average Bonchev–Trinajstić information content (AvgIpc) is 2.21. The third kappa shape index (κ3) is 10.2.